The van der Waals surface area contributed by atoms with Crippen LogP contribution in [0, 0.1) is 5.92 Å². The molecule has 0 aliphatic heterocycles. The van der Waals surface area contributed by atoms with Crippen LogP contribution in [0.1, 0.15) is 89.3 Å². The molecule has 0 heteroatoms. The first-order valence-electron chi connectivity index (χ1n) is 9.44. The monoisotopic (exact) mass is 288 g/mol. The minimum Gasteiger partial charge on any atom is -0.0683 e. The number of hydrogen-bond donors (Lipinski definition) is 0. The van der Waals surface area contributed by atoms with Crippen molar-refractivity contribution in [1.29, 1.82) is 0 Å². The van der Waals surface area contributed by atoms with E-state index in [1.807, 2.05) is 13.8 Å². The molecule has 0 aromatic heterocycles. The molecule has 21 heavy (non-hydrogen) atoms. The van der Waals surface area contributed by atoms with E-state index in [2.05, 4.69) is 32.0 Å². The molecular weight excluding hydrogens is 252 g/mol. The highest BCUT2D eigenvalue weighted by Gasteiger charge is 2.13. The summed E-state index contributed by atoms with van der Waals surface area (Å²) in [6.07, 6.45) is 13.7. The van der Waals surface area contributed by atoms with Gasteiger partial charge >= 0.3 is 0 Å². The Morgan fingerprint density at radius 1 is 0.857 bits per heavy atom. The van der Waals surface area contributed by atoms with E-state index in [-0.39, 0.29) is 0 Å². The Kier molecular flexibility index (Phi) is 9.46. The van der Waals surface area contributed by atoms with E-state index in [1.165, 1.54) is 64.2 Å². The normalized spacial score (nSPS) is 13.7. The fourth-order valence-electron chi connectivity index (χ4n) is 3.30. The second kappa shape index (κ2) is 10.9. The fourth-order valence-corrected chi connectivity index (χ4v) is 3.30. The Morgan fingerprint density at radius 3 is 2.19 bits per heavy atom. The summed E-state index contributed by atoms with van der Waals surface area (Å²) in [6.45, 7) is 8.63. The van der Waals surface area contributed by atoms with Crippen LogP contribution < -0.4 is 0 Å². The third-order valence-corrected chi connectivity index (χ3v) is 4.69. The zero-order valence-electron chi connectivity index (χ0n) is 14.9. The molecule has 0 amide bonds. The lowest BCUT2D eigenvalue weighted by Crippen LogP contribution is -2.09. The van der Waals surface area contributed by atoms with Gasteiger partial charge in [0.25, 0.3) is 0 Å². The van der Waals surface area contributed by atoms with Crippen molar-refractivity contribution in [2.75, 3.05) is 0 Å². The van der Waals surface area contributed by atoms with Crippen LogP contribution in [0.15, 0.2) is 18.2 Å². The van der Waals surface area contributed by atoms with Crippen molar-refractivity contribution >= 4 is 0 Å². The highest BCUT2D eigenvalue weighted by Crippen LogP contribution is 2.26. The summed E-state index contributed by atoms with van der Waals surface area (Å²) in [6, 6.07) is 7.20. The molecule has 0 heterocycles. The first-order chi connectivity index (χ1) is 10.3. The van der Waals surface area contributed by atoms with Crippen molar-refractivity contribution in [1.82, 2.24) is 0 Å². The standard InChI is InChI=1S/C19H30.C2H6/c1-3-5-6-8-16(7-4-2)9-10-17-11-12-18-13-14-19(18)15-17;1-2/h11-12,15-16H,3-10,13-14H2,1-2H3;1-2H3. The summed E-state index contributed by atoms with van der Waals surface area (Å²) in [7, 11) is 0. The van der Waals surface area contributed by atoms with Gasteiger partial charge in [-0.05, 0) is 48.3 Å². The summed E-state index contributed by atoms with van der Waals surface area (Å²) < 4.78 is 0. The highest BCUT2D eigenvalue weighted by molar-refractivity contribution is 5.38. The second-order valence-corrected chi connectivity index (χ2v) is 6.29. The predicted octanol–water partition coefficient (Wildman–Crippen LogP) is 6.74. The minimum atomic E-state index is 0.961. The molecule has 0 saturated heterocycles. The number of unbranched alkanes of at least 4 members (excludes halogenated alkanes) is 2. The summed E-state index contributed by atoms with van der Waals surface area (Å²) >= 11 is 0. The topological polar surface area (TPSA) is 0 Å². The van der Waals surface area contributed by atoms with Gasteiger partial charge in [0, 0.05) is 0 Å². The van der Waals surface area contributed by atoms with Crippen molar-refractivity contribution < 1.29 is 0 Å². The molecule has 0 saturated carbocycles. The van der Waals surface area contributed by atoms with Crippen molar-refractivity contribution in [3.05, 3.63) is 34.9 Å². The van der Waals surface area contributed by atoms with Gasteiger partial charge in [0.05, 0.1) is 0 Å². The molecule has 1 aromatic carbocycles. The molecule has 0 radical (unpaired) electrons. The summed E-state index contributed by atoms with van der Waals surface area (Å²) in [5, 5.41) is 0. The summed E-state index contributed by atoms with van der Waals surface area (Å²) in [4.78, 5) is 0. The SMILES string of the molecule is CC.CCCCCC(CCC)CCc1ccc2c(c1)CC2. The maximum absolute atomic E-state index is 2.47. The van der Waals surface area contributed by atoms with E-state index in [1.54, 1.807) is 16.7 Å². The molecule has 0 nitrogen and oxygen atoms in total. The largest absolute Gasteiger partial charge is 0.0683 e. The molecule has 1 aliphatic rings. The number of rotatable bonds is 9. The van der Waals surface area contributed by atoms with E-state index in [4.69, 9.17) is 0 Å². The Bertz CT molecular complexity index is 378. The molecule has 0 bridgehead atoms. The van der Waals surface area contributed by atoms with E-state index in [0.717, 1.165) is 5.92 Å². The van der Waals surface area contributed by atoms with Crippen LogP contribution in [0.5, 0.6) is 0 Å². The van der Waals surface area contributed by atoms with Crippen LogP contribution >= 0.6 is 0 Å². The molecule has 1 aliphatic carbocycles. The highest BCUT2D eigenvalue weighted by atomic mass is 14.2. The summed E-state index contributed by atoms with van der Waals surface area (Å²) in [5.41, 5.74) is 4.79. The average molecular weight is 289 g/mol. The quantitative estimate of drug-likeness (QED) is 0.441. The third-order valence-electron chi connectivity index (χ3n) is 4.69. The molecule has 0 fully saturated rings. The maximum Gasteiger partial charge on any atom is -0.0235 e. The molecule has 1 atom stereocenters. The van der Waals surface area contributed by atoms with Gasteiger partial charge in [-0.1, -0.05) is 84.4 Å². The van der Waals surface area contributed by atoms with Gasteiger partial charge in [0.15, 0.2) is 0 Å². The fraction of sp³-hybridized carbons (Fsp3) is 0.714. The van der Waals surface area contributed by atoms with Crippen molar-refractivity contribution in [3.63, 3.8) is 0 Å². The lowest BCUT2D eigenvalue weighted by Gasteiger charge is -2.20. The molecule has 0 N–H and O–H groups in total. The van der Waals surface area contributed by atoms with Gasteiger partial charge < -0.3 is 0 Å². The lowest BCUT2D eigenvalue weighted by atomic mass is 9.85. The van der Waals surface area contributed by atoms with Gasteiger partial charge in [-0.3, -0.25) is 0 Å². The number of benzene rings is 1. The first kappa shape index (κ1) is 18.3. The van der Waals surface area contributed by atoms with Crippen LogP contribution in [-0.2, 0) is 19.3 Å². The Morgan fingerprint density at radius 2 is 1.62 bits per heavy atom. The van der Waals surface area contributed by atoms with Crippen LogP contribution in [0.4, 0.5) is 0 Å². The van der Waals surface area contributed by atoms with Crippen molar-refractivity contribution in [2.45, 2.75) is 91.9 Å². The molecule has 1 unspecified atom stereocenters. The molecule has 2 rings (SSSR count). The molecule has 1 aromatic rings. The van der Waals surface area contributed by atoms with Crippen molar-refractivity contribution in [2.24, 2.45) is 5.92 Å². The van der Waals surface area contributed by atoms with Gasteiger partial charge in [-0.25, -0.2) is 0 Å². The molecule has 0 spiro atoms. The molecule has 120 valence electrons. The number of aryl methyl sites for hydroxylation is 3. The van der Waals surface area contributed by atoms with E-state index < -0.39 is 0 Å². The Hall–Kier alpha value is -0.780. The van der Waals surface area contributed by atoms with Gasteiger partial charge in [-0.2, -0.15) is 0 Å². The smallest absolute Gasteiger partial charge is 0.0235 e. The van der Waals surface area contributed by atoms with Gasteiger partial charge in [0.1, 0.15) is 0 Å². The van der Waals surface area contributed by atoms with Gasteiger partial charge in [0.2, 0.25) is 0 Å². The van der Waals surface area contributed by atoms with E-state index in [9.17, 15) is 0 Å². The van der Waals surface area contributed by atoms with E-state index in [0.29, 0.717) is 0 Å². The van der Waals surface area contributed by atoms with Crippen molar-refractivity contribution in [3.8, 4) is 0 Å². The van der Waals surface area contributed by atoms with Crippen LogP contribution in [0.2, 0.25) is 0 Å². The Labute approximate surface area is 133 Å². The Balaban J connectivity index is 0.00000106. The number of hydrogen-bond acceptors (Lipinski definition) is 0. The number of fused-ring (bicyclic) bond motifs is 1. The molecular formula is C21H36. The first-order valence-corrected chi connectivity index (χ1v) is 9.44. The van der Waals surface area contributed by atoms with Crippen LogP contribution in [0.25, 0.3) is 0 Å². The zero-order chi connectivity index (χ0) is 15.5. The van der Waals surface area contributed by atoms with Crippen LogP contribution in [-0.4, -0.2) is 0 Å². The average Bonchev–Trinajstić information content (AvgIpc) is 2.49. The maximum atomic E-state index is 2.47. The van der Waals surface area contributed by atoms with Crippen LogP contribution in [0.3, 0.4) is 0 Å². The second-order valence-electron chi connectivity index (χ2n) is 6.29. The lowest BCUT2D eigenvalue weighted by molar-refractivity contribution is 0.398. The summed E-state index contributed by atoms with van der Waals surface area (Å²) in [5.74, 6) is 0.961. The minimum absolute atomic E-state index is 0.961. The predicted molar refractivity (Wildman–Crippen MR) is 96.1 cm³/mol. The third kappa shape index (κ3) is 6.24. The van der Waals surface area contributed by atoms with E-state index >= 15 is 0 Å². The van der Waals surface area contributed by atoms with Gasteiger partial charge in [-0.15, -0.1) is 0 Å². The zero-order valence-corrected chi connectivity index (χ0v) is 14.9.